The van der Waals surface area contributed by atoms with E-state index in [0.717, 1.165) is 5.56 Å². The van der Waals surface area contributed by atoms with E-state index >= 15 is 0 Å². The van der Waals surface area contributed by atoms with Crippen LogP contribution >= 0.6 is 0 Å². The fourth-order valence-electron chi connectivity index (χ4n) is 1.81. The van der Waals surface area contributed by atoms with Gasteiger partial charge in [-0.05, 0) is 11.5 Å². The third-order valence-corrected chi connectivity index (χ3v) is 2.70. The molecular formula is C15H21NO3. The minimum absolute atomic E-state index is 0.124. The molecule has 4 heteroatoms. The highest BCUT2D eigenvalue weighted by molar-refractivity contribution is 5.84. The van der Waals surface area contributed by atoms with Crippen molar-refractivity contribution in [2.75, 3.05) is 7.11 Å². The van der Waals surface area contributed by atoms with Gasteiger partial charge in [0, 0.05) is 12.8 Å². The molecule has 0 bridgehead atoms. The molecule has 0 saturated heterocycles. The van der Waals surface area contributed by atoms with Crippen LogP contribution in [0.4, 0.5) is 0 Å². The second kappa shape index (κ2) is 7.56. The number of rotatable bonds is 6. The largest absolute Gasteiger partial charge is 0.467 e. The normalized spacial score (nSPS) is 12.0. The van der Waals surface area contributed by atoms with Gasteiger partial charge in [-0.2, -0.15) is 0 Å². The Hall–Kier alpha value is -1.84. The van der Waals surface area contributed by atoms with Gasteiger partial charge < -0.3 is 10.1 Å². The van der Waals surface area contributed by atoms with Crippen LogP contribution in [0.3, 0.4) is 0 Å². The number of carbonyl (C=O) groups is 2. The van der Waals surface area contributed by atoms with E-state index in [4.69, 9.17) is 4.74 Å². The quantitative estimate of drug-likeness (QED) is 0.798. The van der Waals surface area contributed by atoms with Gasteiger partial charge in [0.05, 0.1) is 7.11 Å². The number of amides is 1. The maximum Gasteiger partial charge on any atom is 0.328 e. The first-order chi connectivity index (χ1) is 9.02. The molecule has 0 aliphatic rings. The van der Waals surface area contributed by atoms with E-state index in [1.807, 2.05) is 44.2 Å². The lowest BCUT2D eigenvalue weighted by Gasteiger charge is -2.17. The van der Waals surface area contributed by atoms with Crippen LogP contribution in [0.15, 0.2) is 30.3 Å². The van der Waals surface area contributed by atoms with Gasteiger partial charge >= 0.3 is 5.97 Å². The summed E-state index contributed by atoms with van der Waals surface area (Å²) in [5, 5.41) is 2.73. The van der Waals surface area contributed by atoms with Crippen LogP contribution in [0.25, 0.3) is 0 Å². The summed E-state index contributed by atoms with van der Waals surface area (Å²) in [5.74, 6) is -0.280. The van der Waals surface area contributed by atoms with Crippen LogP contribution in [0.1, 0.15) is 25.8 Å². The summed E-state index contributed by atoms with van der Waals surface area (Å²) in [4.78, 5) is 23.5. The molecule has 0 saturated carbocycles. The van der Waals surface area contributed by atoms with Crippen molar-refractivity contribution in [3.63, 3.8) is 0 Å². The average Bonchev–Trinajstić information content (AvgIpc) is 2.37. The smallest absolute Gasteiger partial charge is 0.328 e. The highest BCUT2D eigenvalue weighted by atomic mass is 16.5. The summed E-state index contributed by atoms with van der Waals surface area (Å²) < 4.78 is 4.74. The minimum Gasteiger partial charge on any atom is -0.467 e. The molecule has 1 rings (SSSR count). The van der Waals surface area contributed by atoms with Crippen LogP contribution in [0.2, 0.25) is 0 Å². The van der Waals surface area contributed by atoms with E-state index in [1.165, 1.54) is 7.11 Å². The molecule has 0 radical (unpaired) electrons. The lowest BCUT2D eigenvalue weighted by Crippen LogP contribution is -2.43. The molecule has 104 valence electrons. The van der Waals surface area contributed by atoms with E-state index in [0.29, 0.717) is 12.8 Å². The molecule has 1 atom stereocenters. The van der Waals surface area contributed by atoms with Crippen molar-refractivity contribution in [3.8, 4) is 0 Å². The van der Waals surface area contributed by atoms with Gasteiger partial charge in [0.25, 0.3) is 0 Å². The maximum atomic E-state index is 11.8. The van der Waals surface area contributed by atoms with Crippen molar-refractivity contribution in [3.05, 3.63) is 35.9 Å². The molecule has 1 N–H and O–H groups in total. The Morgan fingerprint density at radius 2 is 1.84 bits per heavy atom. The molecule has 0 spiro atoms. The molecule has 0 aliphatic carbocycles. The number of methoxy groups -OCH3 is 1. The average molecular weight is 263 g/mol. The summed E-state index contributed by atoms with van der Waals surface area (Å²) in [6.07, 6.45) is 0.847. The first-order valence-corrected chi connectivity index (χ1v) is 6.44. The van der Waals surface area contributed by atoms with Crippen molar-refractivity contribution in [1.29, 1.82) is 0 Å². The van der Waals surface area contributed by atoms with Crippen LogP contribution < -0.4 is 5.32 Å². The number of nitrogens with one attached hydrogen (secondary N) is 1. The Labute approximate surface area is 114 Å². The zero-order chi connectivity index (χ0) is 14.3. The van der Waals surface area contributed by atoms with Crippen molar-refractivity contribution < 1.29 is 14.3 Å². The van der Waals surface area contributed by atoms with Gasteiger partial charge in [-0.15, -0.1) is 0 Å². The molecule has 0 heterocycles. The van der Waals surface area contributed by atoms with Crippen LogP contribution in [-0.4, -0.2) is 25.0 Å². The van der Waals surface area contributed by atoms with Gasteiger partial charge in [-0.3, -0.25) is 4.79 Å². The van der Waals surface area contributed by atoms with E-state index < -0.39 is 12.0 Å². The standard InChI is InChI=1S/C15H21NO3/c1-11(2)9-14(17)16-13(15(18)19-3)10-12-7-5-4-6-8-12/h4-8,11,13H,9-10H2,1-3H3,(H,16,17). The Kier molecular flexibility index (Phi) is 6.06. The Morgan fingerprint density at radius 3 is 2.37 bits per heavy atom. The van der Waals surface area contributed by atoms with E-state index in [1.54, 1.807) is 0 Å². The highest BCUT2D eigenvalue weighted by Crippen LogP contribution is 2.06. The van der Waals surface area contributed by atoms with Gasteiger partial charge in [0.1, 0.15) is 6.04 Å². The summed E-state index contributed by atoms with van der Waals surface area (Å²) in [6.45, 7) is 3.92. The maximum absolute atomic E-state index is 11.8. The molecule has 0 fully saturated rings. The zero-order valence-corrected chi connectivity index (χ0v) is 11.7. The zero-order valence-electron chi connectivity index (χ0n) is 11.7. The summed E-state index contributed by atoms with van der Waals surface area (Å²) in [6, 6.07) is 8.93. The first kappa shape index (κ1) is 15.2. The first-order valence-electron chi connectivity index (χ1n) is 6.44. The monoisotopic (exact) mass is 263 g/mol. The summed E-state index contributed by atoms with van der Waals surface area (Å²) in [7, 11) is 1.33. The van der Waals surface area contributed by atoms with E-state index in [9.17, 15) is 9.59 Å². The van der Waals surface area contributed by atoms with Crippen molar-refractivity contribution in [1.82, 2.24) is 5.32 Å². The second-order valence-corrected chi connectivity index (χ2v) is 4.93. The molecular weight excluding hydrogens is 242 g/mol. The van der Waals surface area contributed by atoms with Crippen molar-refractivity contribution in [2.45, 2.75) is 32.7 Å². The number of esters is 1. The van der Waals surface area contributed by atoms with Gasteiger partial charge in [-0.25, -0.2) is 4.79 Å². The lowest BCUT2D eigenvalue weighted by molar-refractivity contribution is -0.145. The molecule has 4 nitrogen and oxygen atoms in total. The summed E-state index contributed by atoms with van der Waals surface area (Å²) >= 11 is 0. The third kappa shape index (κ3) is 5.55. The van der Waals surface area contributed by atoms with Crippen LogP contribution in [0, 0.1) is 5.92 Å². The fourth-order valence-corrected chi connectivity index (χ4v) is 1.81. The number of carbonyl (C=O) groups excluding carboxylic acids is 2. The Bertz CT molecular complexity index is 415. The van der Waals surface area contributed by atoms with Crippen molar-refractivity contribution in [2.24, 2.45) is 5.92 Å². The van der Waals surface area contributed by atoms with E-state index in [-0.39, 0.29) is 11.8 Å². The van der Waals surface area contributed by atoms with Gasteiger partial charge in [0.15, 0.2) is 0 Å². The molecule has 19 heavy (non-hydrogen) atoms. The Morgan fingerprint density at radius 1 is 1.21 bits per heavy atom. The lowest BCUT2D eigenvalue weighted by atomic mass is 10.0. The molecule has 1 amide bonds. The van der Waals surface area contributed by atoms with Crippen LogP contribution in [0.5, 0.6) is 0 Å². The minimum atomic E-state index is -0.626. The number of hydrogen-bond acceptors (Lipinski definition) is 3. The van der Waals surface area contributed by atoms with Crippen molar-refractivity contribution >= 4 is 11.9 Å². The molecule has 0 aliphatic heterocycles. The van der Waals surface area contributed by atoms with E-state index in [2.05, 4.69) is 5.32 Å². The molecule has 1 aromatic carbocycles. The SMILES string of the molecule is COC(=O)C(Cc1ccccc1)NC(=O)CC(C)C. The predicted molar refractivity (Wildman–Crippen MR) is 73.5 cm³/mol. The Balaban J connectivity index is 2.67. The highest BCUT2D eigenvalue weighted by Gasteiger charge is 2.22. The number of benzene rings is 1. The molecule has 0 aromatic heterocycles. The number of hydrogen-bond donors (Lipinski definition) is 1. The van der Waals surface area contributed by atoms with Gasteiger partial charge in [-0.1, -0.05) is 44.2 Å². The third-order valence-electron chi connectivity index (χ3n) is 2.70. The number of ether oxygens (including phenoxy) is 1. The topological polar surface area (TPSA) is 55.4 Å². The molecule has 1 aromatic rings. The van der Waals surface area contributed by atoms with Crippen LogP contribution in [-0.2, 0) is 20.7 Å². The van der Waals surface area contributed by atoms with Gasteiger partial charge in [0.2, 0.25) is 5.91 Å². The summed E-state index contributed by atoms with van der Waals surface area (Å²) in [5.41, 5.74) is 0.989. The predicted octanol–water partition coefficient (Wildman–Crippen LogP) is 1.93. The fraction of sp³-hybridized carbons (Fsp3) is 0.467. The molecule has 1 unspecified atom stereocenters. The second-order valence-electron chi connectivity index (χ2n) is 4.93.